The number of carbonyl (C=O) groups is 1. The Morgan fingerprint density at radius 1 is 1.40 bits per heavy atom. The Labute approximate surface area is 128 Å². The normalized spacial score (nSPS) is 11.4. The molecule has 1 aromatic rings. The Bertz CT molecular complexity index is 587. The van der Waals surface area contributed by atoms with Crippen LogP contribution in [-0.4, -0.2) is 33.2 Å². The first kappa shape index (κ1) is 17.1. The number of hydrogen-bond acceptors (Lipinski definition) is 3. The lowest BCUT2D eigenvalue weighted by molar-refractivity contribution is -0.116. The van der Waals surface area contributed by atoms with Crippen molar-refractivity contribution in [2.75, 3.05) is 23.7 Å². The number of halogens is 1. The minimum Gasteiger partial charge on any atom is -0.311 e. The van der Waals surface area contributed by atoms with E-state index < -0.39 is 10.0 Å². The highest BCUT2D eigenvalue weighted by molar-refractivity contribution is 9.10. The largest absolute Gasteiger partial charge is 0.311 e. The summed E-state index contributed by atoms with van der Waals surface area (Å²) < 4.78 is 26.2. The predicted molar refractivity (Wildman–Crippen MR) is 84.4 cm³/mol. The van der Waals surface area contributed by atoms with Gasteiger partial charge in [0.15, 0.2) is 0 Å². The highest BCUT2D eigenvalue weighted by Gasteiger charge is 2.13. The van der Waals surface area contributed by atoms with Gasteiger partial charge in [0, 0.05) is 30.2 Å². The number of benzene rings is 1. The highest BCUT2D eigenvalue weighted by Crippen LogP contribution is 2.22. The second-order valence-corrected chi connectivity index (χ2v) is 7.35. The van der Waals surface area contributed by atoms with Crippen molar-refractivity contribution in [3.63, 3.8) is 0 Å². The molecule has 112 valence electrons. The number of rotatable bonds is 6. The Kier molecular flexibility index (Phi) is 6.16. The fraction of sp³-hybridized carbons (Fsp3) is 0.462. The zero-order valence-electron chi connectivity index (χ0n) is 11.8. The van der Waals surface area contributed by atoms with Crippen LogP contribution in [0.15, 0.2) is 22.7 Å². The van der Waals surface area contributed by atoms with E-state index in [0.29, 0.717) is 6.54 Å². The third-order valence-electron chi connectivity index (χ3n) is 2.87. The van der Waals surface area contributed by atoms with Gasteiger partial charge in [0.1, 0.15) is 0 Å². The topological polar surface area (TPSA) is 66.5 Å². The van der Waals surface area contributed by atoms with Gasteiger partial charge in [-0.3, -0.25) is 4.79 Å². The van der Waals surface area contributed by atoms with E-state index in [9.17, 15) is 13.2 Å². The average molecular weight is 363 g/mol. The van der Waals surface area contributed by atoms with E-state index in [2.05, 4.69) is 20.7 Å². The van der Waals surface area contributed by atoms with Crippen molar-refractivity contribution in [1.29, 1.82) is 0 Å². The minimum atomic E-state index is -3.23. The summed E-state index contributed by atoms with van der Waals surface area (Å²) >= 11 is 3.41. The lowest BCUT2D eigenvalue weighted by Crippen LogP contribution is -2.38. The lowest BCUT2D eigenvalue weighted by atomic mass is 10.2. The number of anilines is 1. The predicted octanol–water partition coefficient (Wildman–Crippen LogP) is 2.05. The molecule has 1 N–H and O–H groups in total. The van der Waals surface area contributed by atoms with Crippen LogP contribution >= 0.6 is 15.9 Å². The van der Waals surface area contributed by atoms with Crippen LogP contribution in [0.2, 0.25) is 0 Å². The van der Waals surface area contributed by atoms with Gasteiger partial charge in [-0.25, -0.2) is 13.1 Å². The highest BCUT2D eigenvalue weighted by atomic mass is 79.9. The van der Waals surface area contributed by atoms with Crippen molar-refractivity contribution < 1.29 is 13.2 Å². The van der Waals surface area contributed by atoms with Crippen molar-refractivity contribution in [2.45, 2.75) is 20.8 Å². The quantitative estimate of drug-likeness (QED) is 0.841. The van der Waals surface area contributed by atoms with E-state index >= 15 is 0 Å². The molecule has 1 amide bonds. The maximum Gasteiger partial charge on any atom is 0.223 e. The lowest BCUT2D eigenvalue weighted by Gasteiger charge is -2.22. The van der Waals surface area contributed by atoms with E-state index in [1.54, 1.807) is 11.8 Å². The Morgan fingerprint density at radius 3 is 2.55 bits per heavy atom. The second-order valence-electron chi connectivity index (χ2n) is 4.40. The van der Waals surface area contributed by atoms with Gasteiger partial charge in [-0.2, -0.15) is 0 Å². The van der Waals surface area contributed by atoms with E-state index in [1.165, 1.54) is 6.92 Å². The van der Waals surface area contributed by atoms with E-state index in [-0.39, 0.29) is 18.2 Å². The Morgan fingerprint density at radius 2 is 2.05 bits per heavy atom. The molecule has 0 aliphatic carbocycles. The van der Waals surface area contributed by atoms with Gasteiger partial charge in [0.05, 0.1) is 5.75 Å². The van der Waals surface area contributed by atoms with Crippen LogP contribution in [0, 0.1) is 6.92 Å². The van der Waals surface area contributed by atoms with Crippen molar-refractivity contribution in [3.8, 4) is 0 Å². The molecule has 0 saturated heterocycles. The van der Waals surface area contributed by atoms with Crippen LogP contribution in [0.1, 0.15) is 19.4 Å². The molecule has 1 rings (SSSR count). The zero-order chi connectivity index (χ0) is 15.3. The molecule has 0 heterocycles. The minimum absolute atomic E-state index is 0.0322. The molecule has 0 aliphatic rings. The van der Waals surface area contributed by atoms with Crippen molar-refractivity contribution in [1.82, 2.24) is 4.72 Å². The molecule has 0 atom stereocenters. The first-order chi connectivity index (χ1) is 9.26. The van der Waals surface area contributed by atoms with Crippen LogP contribution < -0.4 is 9.62 Å². The average Bonchev–Trinajstić information content (AvgIpc) is 2.38. The van der Waals surface area contributed by atoms with Crippen molar-refractivity contribution in [2.24, 2.45) is 0 Å². The summed E-state index contributed by atoms with van der Waals surface area (Å²) in [7, 11) is -3.23. The molecule has 7 heteroatoms. The molecule has 5 nitrogen and oxygen atoms in total. The van der Waals surface area contributed by atoms with Crippen LogP contribution in [0.25, 0.3) is 0 Å². The summed E-state index contributed by atoms with van der Waals surface area (Å²) in [6.45, 7) is 5.47. The fourth-order valence-corrected chi connectivity index (χ4v) is 2.53. The van der Waals surface area contributed by atoms with Gasteiger partial charge in [-0.15, -0.1) is 0 Å². The summed E-state index contributed by atoms with van der Waals surface area (Å²) in [5.74, 6) is -0.0906. The van der Waals surface area contributed by atoms with Crippen LogP contribution in [0.5, 0.6) is 0 Å². The van der Waals surface area contributed by atoms with Crippen molar-refractivity contribution >= 4 is 37.5 Å². The molecule has 20 heavy (non-hydrogen) atoms. The molecule has 0 aromatic heterocycles. The van der Waals surface area contributed by atoms with Gasteiger partial charge in [-0.05, 0) is 37.6 Å². The number of aryl methyl sites for hydroxylation is 1. The van der Waals surface area contributed by atoms with E-state index in [0.717, 1.165) is 15.7 Å². The molecule has 0 aliphatic heterocycles. The molecule has 0 fully saturated rings. The number of carbonyl (C=O) groups excluding carboxylic acids is 1. The molecule has 0 spiro atoms. The second kappa shape index (κ2) is 7.19. The molecule has 1 aromatic carbocycles. The van der Waals surface area contributed by atoms with E-state index in [1.807, 2.05) is 25.1 Å². The summed E-state index contributed by atoms with van der Waals surface area (Å²) in [6.07, 6.45) is 0. The first-order valence-electron chi connectivity index (χ1n) is 6.28. The molecule has 0 radical (unpaired) electrons. The number of hydrogen-bond donors (Lipinski definition) is 1. The summed E-state index contributed by atoms with van der Waals surface area (Å²) in [5.41, 5.74) is 1.77. The third kappa shape index (κ3) is 4.88. The SMILES string of the molecule is CCS(=O)(=O)NCCN(C(C)=O)c1ccc(Br)c(C)c1. The van der Waals surface area contributed by atoms with Gasteiger partial charge in [-0.1, -0.05) is 15.9 Å². The molecule has 0 unspecified atom stereocenters. The monoisotopic (exact) mass is 362 g/mol. The van der Waals surface area contributed by atoms with Gasteiger partial charge in [0.2, 0.25) is 15.9 Å². The van der Waals surface area contributed by atoms with Crippen LogP contribution in [0.3, 0.4) is 0 Å². The molecular formula is C13H19BrN2O3S. The standard InChI is InChI=1S/C13H19BrN2O3S/c1-4-20(18,19)15-7-8-16(11(3)17)12-5-6-13(14)10(2)9-12/h5-6,9,15H,4,7-8H2,1-3H3. The number of nitrogens with zero attached hydrogens (tertiary/aromatic N) is 1. The number of amides is 1. The van der Waals surface area contributed by atoms with Crippen LogP contribution in [-0.2, 0) is 14.8 Å². The number of nitrogens with one attached hydrogen (secondary N) is 1. The number of sulfonamides is 1. The third-order valence-corrected chi connectivity index (χ3v) is 5.16. The summed E-state index contributed by atoms with van der Waals surface area (Å²) in [6, 6.07) is 5.59. The smallest absolute Gasteiger partial charge is 0.223 e. The Balaban J connectivity index is 2.80. The van der Waals surface area contributed by atoms with Gasteiger partial charge in [0.25, 0.3) is 0 Å². The van der Waals surface area contributed by atoms with Crippen molar-refractivity contribution in [3.05, 3.63) is 28.2 Å². The molecule has 0 bridgehead atoms. The van der Waals surface area contributed by atoms with Crippen LogP contribution in [0.4, 0.5) is 5.69 Å². The zero-order valence-corrected chi connectivity index (χ0v) is 14.2. The molecule has 0 saturated carbocycles. The van der Waals surface area contributed by atoms with Gasteiger partial charge >= 0.3 is 0 Å². The maximum atomic E-state index is 11.7. The summed E-state index contributed by atoms with van der Waals surface area (Å²) in [4.78, 5) is 13.3. The Hall–Kier alpha value is -0.920. The summed E-state index contributed by atoms with van der Waals surface area (Å²) in [5, 5.41) is 0. The first-order valence-corrected chi connectivity index (χ1v) is 8.73. The fourth-order valence-electron chi connectivity index (χ4n) is 1.68. The van der Waals surface area contributed by atoms with Gasteiger partial charge < -0.3 is 4.90 Å². The maximum absolute atomic E-state index is 11.7. The van der Waals surface area contributed by atoms with E-state index in [4.69, 9.17) is 0 Å². The molecular weight excluding hydrogens is 344 g/mol.